The van der Waals surface area contributed by atoms with Crippen LogP contribution in [0.4, 0.5) is 11.6 Å². The van der Waals surface area contributed by atoms with Crippen LogP contribution >= 0.6 is 0 Å². The van der Waals surface area contributed by atoms with Gasteiger partial charge in [0.25, 0.3) is 0 Å². The number of nitrogens with zero attached hydrogens (tertiary/aromatic N) is 2. The van der Waals surface area contributed by atoms with Crippen molar-refractivity contribution in [1.82, 2.24) is 9.97 Å². The lowest BCUT2D eigenvalue weighted by molar-refractivity contribution is 0.164. The molecule has 1 rings (SSSR count). The SMILES string of the molecule is COCC(C)CNc1ncnc(NN)c1C(C)C. The van der Waals surface area contributed by atoms with E-state index in [0.29, 0.717) is 11.7 Å². The highest BCUT2D eigenvalue weighted by Crippen LogP contribution is 2.27. The van der Waals surface area contributed by atoms with Crippen molar-refractivity contribution in [3.05, 3.63) is 11.9 Å². The van der Waals surface area contributed by atoms with Crippen LogP contribution in [0.15, 0.2) is 6.33 Å². The van der Waals surface area contributed by atoms with E-state index in [1.807, 2.05) is 0 Å². The Morgan fingerprint density at radius 3 is 2.50 bits per heavy atom. The summed E-state index contributed by atoms with van der Waals surface area (Å²) >= 11 is 0. The highest BCUT2D eigenvalue weighted by Gasteiger charge is 2.14. The zero-order valence-corrected chi connectivity index (χ0v) is 11.5. The number of nitrogen functional groups attached to an aromatic ring is 1. The molecule has 1 heterocycles. The summed E-state index contributed by atoms with van der Waals surface area (Å²) in [5, 5.41) is 3.33. The minimum Gasteiger partial charge on any atom is -0.384 e. The van der Waals surface area contributed by atoms with Gasteiger partial charge in [0.15, 0.2) is 0 Å². The van der Waals surface area contributed by atoms with Gasteiger partial charge in [0.1, 0.15) is 18.0 Å². The molecule has 1 aromatic rings. The van der Waals surface area contributed by atoms with E-state index in [0.717, 1.165) is 24.5 Å². The molecular formula is C12H23N5O. The lowest BCUT2D eigenvalue weighted by atomic mass is 10.0. The summed E-state index contributed by atoms with van der Waals surface area (Å²) in [7, 11) is 1.71. The molecule has 0 radical (unpaired) electrons. The van der Waals surface area contributed by atoms with Gasteiger partial charge in [-0.2, -0.15) is 0 Å². The summed E-state index contributed by atoms with van der Waals surface area (Å²) in [6, 6.07) is 0. The first-order valence-electron chi connectivity index (χ1n) is 6.14. The van der Waals surface area contributed by atoms with Crippen molar-refractivity contribution in [2.24, 2.45) is 11.8 Å². The number of hydrogen-bond donors (Lipinski definition) is 3. The van der Waals surface area contributed by atoms with E-state index in [-0.39, 0.29) is 5.92 Å². The van der Waals surface area contributed by atoms with Crippen LogP contribution in [0, 0.1) is 5.92 Å². The van der Waals surface area contributed by atoms with Gasteiger partial charge in [-0.3, -0.25) is 0 Å². The van der Waals surface area contributed by atoms with Gasteiger partial charge in [-0.25, -0.2) is 15.8 Å². The fourth-order valence-electron chi connectivity index (χ4n) is 1.81. The summed E-state index contributed by atoms with van der Waals surface area (Å²) in [6.45, 7) is 7.81. The van der Waals surface area contributed by atoms with Gasteiger partial charge in [-0.15, -0.1) is 0 Å². The Balaban J connectivity index is 2.81. The van der Waals surface area contributed by atoms with Crippen LogP contribution in [0.5, 0.6) is 0 Å². The zero-order valence-electron chi connectivity index (χ0n) is 11.5. The molecule has 0 amide bonds. The molecule has 0 aliphatic rings. The lowest BCUT2D eigenvalue weighted by Crippen LogP contribution is -2.19. The van der Waals surface area contributed by atoms with Crippen molar-refractivity contribution in [2.45, 2.75) is 26.7 Å². The molecule has 0 saturated heterocycles. The Bertz CT molecular complexity index is 369. The van der Waals surface area contributed by atoms with E-state index >= 15 is 0 Å². The zero-order chi connectivity index (χ0) is 13.5. The van der Waals surface area contributed by atoms with Gasteiger partial charge in [-0.1, -0.05) is 20.8 Å². The van der Waals surface area contributed by atoms with Crippen LogP contribution < -0.4 is 16.6 Å². The van der Waals surface area contributed by atoms with Crippen LogP contribution in [0.1, 0.15) is 32.3 Å². The summed E-state index contributed by atoms with van der Waals surface area (Å²) in [6.07, 6.45) is 1.50. The molecular weight excluding hydrogens is 230 g/mol. The van der Waals surface area contributed by atoms with Gasteiger partial charge in [0.05, 0.1) is 6.61 Å². The molecule has 0 aromatic carbocycles. The average Bonchev–Trinajstić information content (AvgIpc) is 2.35. The molecule has 0 aliphatic heterocycles. The maximum absolute atomic E-state index is 5.47. The third-order valence-corrected chi connectivity index (χ3v) is 2.67. The highest BCUT2D eigenvalue weighted by atomic mass is 16.5. The van der Waals surface area contributed by atoms with Crippen LogP contribution in [-0.4, -0.2) is 30.2 Å². The first-order valence-corrected chi connectivity index (χ1v) is 6.14. The molecule has 1 unspecified atom stereocenters. The number of nitrogens with two attached hydrogens (primary N) is 1. The number of rotatable bonds is 7. The summed E-state index contributed by atoms with van der Waals surface area (Å²) in [5.74, 6) is 7.68. The van der Waals surface area contributed by atoms with Gasteiger partial charge < -0.3 is 15.5 Å². The van der Waals surface area contributed by atoms with Gasteiger partial charge in [0, 0.05) is 19.2 Å². The number of aromatic nitrogens is 2. The second-order valence-electron chi connectivity index (χ2n) is 4.73. The number of hydrazine groups is 1. The predicted molar refractivity (Wildman–Crippen MR) is 73.5 cm³/mol. The normalized spacial score (nSPS) is 12.6. The van der Waals surface area contributed by atoms with E-state index in [1.165, 1.54) is 6.33 Å². The van der Waals surface area contributed by atoms with E-state index in [1.54, 1.807) is 7.11 Å². The largest absolute Gasteiger partial charge is 0.384 e. The summed E-state index contributed by atoms with van der Waals surface area (Å²) in [5.41, 5.74) is 3.62. The Morgan fingerprint density at radius 2 is 1.94 bits per heavy atom. The summed E-state index contributed by atoms with van der Waals surface area (Å²) in [4.78, 5) is 8.41. The Kier molecular flexibility index (Phi) is 5.80. The van der Waals surface area contributed by atoms with Crippen molar-refractivity contribution < 1.29 is 4.74 Å². The average molecular weight is 253 g/mol. The Labute approximate surface area is 108 Å². The van der Waals surface area contributed by atoms with E-state index < -0.39 is 0 Å². The van der Waals surface area contributed by atoms with Crippen LogP contribution in [0.3, 0.4) is 0 Å². The molecule has 1 aromatic heterocycles. The van der Waals surface area contributed by atoms with Gasteiger partial charge in [-0.05, 0) is 11.8 Å². The molecule has 6 nitrogen and oxygen atoms in total. The number of ether oxygens (including phenoxy) is 1. The third-order valence-electron chi connectivity index (χ3n) is 2.67. The molecule has 1 atom stereocenters. The topological polar surface area (TPSA) is 85.1 Å². The van der Waals surface area contributed by atoms with Crippen LogP contribution in [-0.2, 0) is 4.74 Å². The summed E-state index contributed by atoms with van der Waals surface area (Å²) < 4.78 is 5.11. The first-order chi connectivity index (χ1) is 8.60. The number of nitrogens with one attached hydrogen (secondary N) is 2. The monoisotopic (exact) mass is 253 g/mol. The van der Waals surface area contributed by atoms with Crippen molar-refractivity contribution >= 4 is 11.6 Å². The lowest BCUT2D eigenvalue weighted by Gasteiger charge is -2.18. The minimum atomic E-state index is 0.289. The molecule has 0 bridgehead atoms. The molecule has 4 N–H and O–H groups in total. The molecule has 6 heteroatoms. The fourth-order valence-corrected chi connectivity index (χ4v) is 1.81. The quantitative estimate of drug-likeness (QED) is 0.505. The number of hydrogen-bond acceptors (Lipinski definition) is 6. The van der Waals surface area contributed by atoms with Crippen molar-refractivity contribution in [3.8, 4) is 0 Å². The number of methoxy groups -OCH3 is 1. The maximum Gasteiger partial charge on any atom is 0.148 e. The standard InChI is InChI=1S/C12H23N5O/c1-8(2)10-11(14-5-9(3)6-18-4)15-7-16-12(10)17-13/h7-9H,5-6,13H2,1-4H3,(H2,14,15,16,17). The van der Waals surface area contributed by atoms with Gasteiger partial charge in [0.2, 0.25) is 0 Å². The van der Waals surface area contributed by atoms with Crippen molar-refractivity contribution in [3.63, 3.8) is 0 Å². The number of anilines is 2. The third kappa shape index (κ3) is 3.82. The molecule has 18 heavy (non-hydrogen) atoms. The molecule has 102 valence electrons. The predicted octanol–water partition coefficient (Wildman–Crippen LogP) is 1.58. The second-order valence-corrected chi connectivity index (χ2v) is 4.73. The van der Waals surface area contributed by atoms with Crippen molar-refractivity contribution in [2.75, 3.05) is 31.0 Å². The molecule has 0 saturated carbocycles. The smallest absolute Gasteiger partial charge is 0.148 e. The first kappa shape index (κ1) is 14.7. The Morgan fingerprint density at radius 1 is 1.28 bits per heavy atom. The van der Waals surface area contributed by atoms with Crippen molar-refractivity contribution in [1.29, 1.82) is 0 Å². The highest BCUT2D eigenvalue weighted by molar-refractivity contribution is 5.58. The molecule has 0 spiro atoms. The Hall–Kier alpha value is -1.40. The van der Waals surface area contributed by atoms with Crippen LogP contribution in [0.25, 0.3) is 0 Å². The molecule has 0 fully saturated rings. The molecule has 0 aliphatic carbocycles. The second kappa shape index (κ2) is 7.13. The van der Waals surface area contributed by atoms with E-state index in [2.05, 4.69) is 41.5 Å². The van der Waals surface area contributed by atoms with Gasteiger partial charge >= 0.3 is 0 Å². The fraction of sp³-hybridized carbons (Fsp3) is 0.667. The minimum absolute atomic E-state index is 0.289. The van der Waals surface area contributed by atoms with Crippen LogP contribution in [0.2, 0.25) is 0 Å². The van der Waals surface area contributed by atoms with E-state index in [9.17, 15) is 0 Å². The van der Waals surface area contributed by atoms with E-state index in [4.69, 9.17) is 10.6 Å². The maximum atomic E-state index is 5.47.